The fourth-order valence-corrected chi connectivity index (χ4v) is 2.42. The van der Waals surface area contributed by atoms with Gasteiger partial charge in [-0.1, -0.05) is 0 Å². The molecule has 0 radical (unpaired) electrons. The molecular formula is C10H18N4. The first kappa shape index (κ1) is 9.65. The maximum Gasteiger partial charge on any atom is 0.147 e. The molecule has 0 amide bonds. The second kappa shape index (κ2) is 3.69. The minimum Gasteiger partial charge on any atom is -0.315 e. The van der Waals surface area contributed by atoms with Gasteiger partial charge in [-0.25, -0.2) is 9.67 Å². The van der Waals surface area contributed by atoms with Gasteiger partial charge < -0.3 is 5.32 Å². The minimum atomic E-state index is 0.501. The molecule has 2 unspecified atom stereocenters. The number of hydrogen-bond acceptors (Lipinski definition) is 3. The lowest BCUT2D eigenvalue weighted by molar-refractivity contribution is 0.375. The van der Waals surface area contributed by atoms with Gasteiger partial charge in [0.1, 0.15) is 11.6 Å². The SMILES string of the molecule is CNC1CCCC1n1nc(C)nc1C. The van der Waals surface area contributed by atoms with Crippen molar-refractivity contribution in [2.24, 2.45) is 0 Å². The van der Waals surface area contributed by atoms with Crippen molar-refractivity contribution < 1.29 is 0 Å². The Morgan fingerprint density at radius 1 is 1.36 bits per heavy atom. The van der Waals surface area contributed by atoms with Crippen LogP contribution >= 0.6 is 0 Å². The Bertz CT molecular complexity index is 318. The van der Waals surface area contributed by atoms with Crippen LogP contribution < -0.4 is 5.32 Å². The zero-order valence-electron chi connectivity index (χ0n) is 9.12. The highest BCUT2D eigenvalue weighted by molar-refractivity contribution is 4.95. The third kappa shape index (κ3) is 1.54. The topological polar surface area (TPSA) is 42.7 Å². The van der Waals surface area contributed by atoms with Crippen LogP contribution in [0.25, 0.3) is 0 Å². The summed E-state index contributed by atoms with van der Waals surface area (Å²) in [6, 6.07) is 1.07. The monoisotopic (exact) mass is 194 g/mol. The van der Waals surface area contributed by atoms with Crippen molar-refractivity contribution in [2.45, 2.75) is 45.2 Å². The van der Waals surface area contributed by atoms with Crippen LogP contribution in [0.15, 0.2) is 0 Å². The van der Waals surface area contributed by atoms with E-state index in [0.29, 0.717) is 12.1 Å². The van der Waals surface area contributed by atoms with E-state index >= 15 is 0 Å². The average molecular weight is 194 g/mol. The molecule has 1 saturated carbocycles. The van der Waals surface area contributed by atoms with E-state index in [0.717, 1.165) is 11.6 Å². The largest absolute Gasteiger partial charge is 0.315 e. The molecule has 78 valence electrons. The van der Waals surface area contributed by atoms with Crippen molar-refractivity contribution in [1.82, 2.24) is 20.1 Å². The lowest BCUT2D eigenvalue weighted by atomic mass is 10.2. The van der Waals surface area contributed by atoms with Gasteiger partial charge >= 0.3 is 0 Å². The molecule has 0 spiro atoms. The van der Waals surface area contributed by atoms with Gasteiger partial charge in [-0.3, -0.25) is 0 Å². The van der Waals surface area contributed by atoms with Crippen molar-refractivity contribution in [3.63, 3.8) is 0 Å². The van der Waals surface area contributed by atoms with Crippen LogP contribution in [0.1, 0.15) is 37.0 Å². The Kier molecular flexibility index (Phi) is 2.54. The van der Waals surface area contributed by atoms with Crippen molar-refractivity contribution in [1.29, 1.82) is 0 Å². The summed E-state index contributed by atoms with van der Waals surface area (Å²) in [6.45, 7) is 3.98. The first-order chi connectivity index (χ1) is 6.72. The molecule has 1 aliphatic rings. The van der Waals surface area contributed by atoms with Gasteiger partial charge in [-0.05, 0) is 40.2 Å². The average Bonchev–Trinajstić information content (AvgIpc) is 2.71. The molecule has 1 fully saturated rings. The van der Waals surface area contributed by atoms with Crippen LogP contribution in [0, 0.1) is 13.8 Å². The van der Waals surface area contributed by atoms with Crippen LogP contribution in [0.5, 0.6) is 0 Å². The standard InChI is InChI=1S/C10H18N4/c1-7-12-8(2)14(13-7)10-6-4-5-9(10)11-3/h9-11H,4-6H2,1-3H3. The minimum absolute atomic E-state index is 0.501. The fraction of sp³-hybridized carbons (Fsp3) is 0.800. The fourth-order valence-electron chi connectivity index (χ4n) is 2.42. The predicted molar refractivity (Wildman–Crippen MR) is 55.2 cm³/mol. The summed E-state index contributed by atoms with van der Waals surface area (Å²) < 4.78 is 2.09. The van der Waals surface area contributed by atoms with Crippen molar-refractivity contribution in [2.75, 3.05) is 7.05 Å². The second-order valence-corrected chi connectivity index (χ2v) is 4.04. The number of nitrogens with one attached hydrogen (secondary N) is 1. The molecule has 4 nitrogen and oxygen atoms in total. The Labute approximate surface area is 84.7 Å². The van der Waals surface area contributed by atoms with E-state index in [1.807, 2.05) is 20.9 Å². The Hall–Kier alpha value is -0.900. The highest BCUT2D eigenvalue weighted by Gasteiger charge is 2.29. The van der Waals surface area contributed by atoms with Gasteiger partial charge in [0.2, 0.25) is 0 Å². The molecule has 2 atom stereocenters. The molecule has 4 heteroatoms. The molecule has 1 aliphatic carbocycles. The molecule has 1 heterocycles. The summed E-state index contributed by atoms with van der Waals surface area (Å²) >= 11 is 0. The van der Waals surface area contributed by atoms with Crippen LogP contribution in [-0.2, 0) is 0 Å². The molecule has 0 aliphatic heterocycles. The Morgan fingerprint density at radius 2 is 2.14 bits per heavy atom. The Morgan fingerprint density at radius 3 is 2.71 bits per heavy atom. The lowest BCUT2D eigenvalue weighted by Crippen LogP contribution is -2.31. The van der Waals surface area contributed by atoms with Gasteiger partial charge in [0.15, 0.2) is 0 Å². The molecule has 0 aromatic carbocycles. The van der Waals surface area contributed by atoms with Gasteiger partial charge in [-0.2, -0.15) is 5.10 Å². The van der Waals surface area contributed by atoms with Gasteiger partial charge in [0.05, 0.1) is 6.04 Å². The number of hydrogen-bond donors (Lipinski definition) is 1. The van der Waals surface area contributed by atoms with Gasteiger partial charge in [0.25, 0.3) is 0 Å². The van der Waals surface area contributed by atoms with Crippen molar-refractivity contribution >= 4 is 0 Å². The third-order valence-electron chi connectivity index (χ3n) is 3.07. The second-order valence-electron chi connectivity index (χ2n) is 4.04. The van der Waals surface area contributed by atoms with E-state index in [2.05, 4.69) is 20.1 Å². The van der Waals surface area contributed by atoms with Gasteiger partial charge in [-0.15, -0.1) is 0 Å². The number of aromatic nitrogens is 3. The summed E-state index contributed by atoms with van der Waals surface area (Å²) in [5.74, 6) is 1.92. The maximum atomic E-state index is 4.46. The van der Waals surface area contributed by atoms with Gasteiger partial charge in [0, 0.05) is 6.04 Å². The lowest BCUT2D eigenvalue weighted by Gasteiger charge is -2.19. The predicted octanol–water partition coefficient (Wildman–Crippen LogP) is 1.21. The highest BCUT2D eigenvalue weighted by atomic mass is 15.4. The van der Waals surface area contributed by atoms with Crippen LogP contribution in [0.3, 0.4) is 0 Å². The van der Waals surface area contributed by atoms with E-state index in [4.69, 9.17) is 0 Å². The molecule has 2 rings (SSSR count). The van der Waals surface area contributed by atoms with E-state index < -0.39 is 0 Å². The normalized spacial score (nSPS) is 27.1. The summed E-state index contributed by atoms with van der Waals surface area (Å²) in [5.41, 5.74) is 0. The Balaban J connectivity index is 2.25. The zero-order chi connectivity index (χ0) is 10.1. The molecule has 0 saturated heterocycles. The van der Waals surface area contributed by atoms with Crippen molar-refractivity contribution in [3.8, 4) is 0 Å². The molecular weight excluding hydrogens is 176 g/mol. The maximum absolute atomic E-state index is 4.46. The quantitative estimate of drug-likeness (QED) is 0.769. The van der Waals surface area contributed by atoms with E-state index in [9.17, 15) is 0 Å². The third-order valence-corrected chi connectivity index (χ3v) is 3.07. The molecule has 0 bridgehead atoms. The van der Waals surface area contributed by atoms with Crippen LogP contribution in [0.2, 0.25) is 0 Å². The summed E-state index contributed by atoms with van der Waals surface area (Å²) in [5, 5.41) is 7.82. The van der Waals surface area contributed by atoms with Crippen molar-refractivity contribution in [3.05, 3.63) is 11.6 Å². The molecule has 1 aromatic heterocycles. The van der Waals surface area contributed by atoms with E-state index in [1.54, 1.807) is 0 Å². The summed E-state index contributed by atoms with van der Waals surface area (Å²) in [6.07, 6.45) is 3.75. The first-order valence-corrected chi connectivity index (χ1v) is 5.29. The van der Waals surface area contributed by atoms with Crippen LogP contribution in [0.4, 0.5) is 0 Å². The summed E-state index contributed by atoms with van der Waals surface area (Å²) in [7, 11) is 2.03. The van der Waals surface area contributed by atoms with Crippen LogP contribution in [-0.4, -0.2) is 27.9 Å². The first-order valence-electron chi connectivity index (χ1n) is 5.29. The number of likely N-dealkylation sites (N-methyl/N-ethyl adjacent to an activating group) is 1. The molecule has 1 N–H and O–H groups in total. The smallest absolute Gasteiger partial charge is 0.147 e. The highest BCUT2D eigenvalue weighted by Crippen LogP contribution is 2.29. The number of nitrogens with zero attached hydrogens (tertiary/aromatic N) is 3. The molecule has 1 aromatic rings. The molecule has 14 heavy (non-hydrogen) atoms. The van der Waals surface area contributed by atoms with E-state index in [-0.39, 0.29) is 0 Å². The number of aryl methyl sites for hydroxylation is 2. The summed E-state index contributed by atoms with van der Waals surface area (Å²) in [4.78, 5) is 4.35. The zero-order valence-corrected chi connectivity index (χ0v) is 9.12. The number of rotatable bonds is 2. The van der Waals surface area contributed by atoms with E-state index in [1.165, 1.54) is 19.3 Å².